The van der Waals surface area contributed by atoms with E-state index >= 15 is 0 Å². The number of hydrogen-bond acceptors (Lipinski definition) is 9. The molecule has 3 rings (SSSR count). The van der Waals surface area contributed by atoms with Gasteiger partial charge in [0.15, 0.2) is 5.82 Å². The smallest absolute Gasteiger partial charge is 0.410 e. The topological polar surface area (TPSA) is 113 Å². The molecule has 0 spiro atoms. The summed E-state index contributed by atoms with van der Waals surface area (Å²) in [5.41, 5.74) is -0.492. The third-order valence-electron chi connectivity index (χ3n) is 3.92. The van der Waals surface area contributed by atoms with E-state index in [1.165, 1.54) is 7.11 Å². The second-order valence-electron chi connectivity index (χ2n) is 7.23. The van der Waals surface area contributed by atoms with Gasteiger partial charge in [-0.05, 0) is 38.8 Å². The molecule has 27 heavy (non-hydrogen) atoms. The number of methoxy groups -OCH3 is 1. The monoisotopic (exact) mass is 380 g/mol. The van der Waals surface area contributed by atoms with Gasteiger partial charge in [0.1, 0.15) is 12.2 Å². The average Bonchev–Trinajstić information content (AvgIpc) is 3.28. The van der Waals surface area contributed by atoms with E-state index in [9.17, 15) is 4.79 Å². The highest BCUT2D eigenvalue weighted by molar-refractivity contribution is 5.68. The molecule has 0 saturated carbocycles. The fraction of sp³-hybridized carbons (Fsp3) is 0.647. The molecule has 10 nitrogen and oxygen atoms in total. The van der Waals surface area contributed by atoms with Crippen LogP contribution in [0, 0.1) is 0 Å². The van der Waals surface area contributed by atoms with E-state index in [0.29, 0.717) is 30.6 Å². The van der Waals surface area contributed by atoms with Gasteiger partial charge in [-0.25, -0.2) is 4.79 Å². The maximum absolute atomic E-state index is 12.1. The Morgan fingerprint density at radius 2 is 2.00 bits per heavy atom. The van der Waals surface area contributed by atoms with Crippen molar-refractivity contribution in [3.63, 3.8) is 0 Å². The first-order valence-corrected chi connectivity index (χ1v) is 8.77. The van der Waals surface area contributed by atoms with Crippen LogP contribution in [0.2, 0.25) is 0 Å². The second kappa shape index (κ2) is 7.95. The molecule has 1 saturated heterocycles. The van der Waals surface area contributed by atoms with Crippen molar-refractivity contribution in [3.05, 3.63) is 11.9 Å². The lowest BCUT2D eigenvalue weighted by molar-refractivity contribution is -0.0190. The Kier molecular flexibility index (Phi) is 5.64. The summed E-state index contributed by atoms with van der Waals surface area (Å²) in [5, 5.41) is 7.56. The molecule has 0 atom stereocenters. The van der Waals surface area contributed by atoms with Crippen molar-refractivity contribution < 1.29 is 28.1 Å². The predicted molar refractivity (Wildman–Crippen MR) is 92.0 cm³/mol. The molecule has 0 bridgehead atoms. The summed E-state index contributed by atoms with van der Waals surface area (Å²) in [5.74, 6) is 1.29. The highest BCUT2D eigenvalue weighted by atomic mass is 16.6. The quantitative estimate of drug-likeness (QED) is 0.772. The van der Waals surface area contributed by atoms with Gasteiger partial charge >= 0.3 is 6.09 Å². The standard InChI is InChI=1S/C17H24N4O6/c1-17(2,3)25-16(22)21-7-5-11(6-8-21)24-10-13-18-15(27-19-13)12-9-14(23-4)20-26-12/h9,11H,5-8,10H2,1-4H3. The Morgan fingerprint density at radius 3 is 2.63 bits per heavy atom. The molecule has 0 radical (unpaired) electrons. The summed E-state index contributed by atoms with van der Waals surface area (Å²) in [7, 11) is 1.49. The van der Waals surface area contributed by atoms with E-state index < -0.39 is 5.60 Å². The first-order valence-electron chi connectivity index (χ1n) is 8.77. The van der Waals surface area contributed by atoms with Crippen LogP contribution in [0.15, 0.2) is 15.1 Å². The number of rotatable bonds is 5. The maximum atomic E-state index is 12.1. The van der Waals surface area contributed by atoms with Gasteiger partial charge in [0, 0.05) is 13.1 Å². The number of amides is 1. The SMILES string of the molecule is COc1cc(-c2nc(COC3CCN(C(=O)OC(C)(C)C)CC3)no2)on1. The molecule has 0 aromatic carbocycles. The Hall–Kier alpha value is -2.62. The third-order valence-corrected chi connectivity index (χ3v) is 3.92. The van der Waals surface area contributed by atoms with E-state index in [4.69, 9.17) is 23.3 Å². The van der Waals surface area contributed by atoms with Gasteiger partial charge in [-0.15, -0.1) is 0 Å². The molecule has 1 amide bonds. The molecule has 1 aliphatic heterocycles. The van der Waals surface area contributed by atoms with Crippen LogP contribution >= 0.6 is 0 Å². The molecular weight excluding hydrogens is 356 g/mol. The summed E-state index contributed by atoms with van der Waals surface area (Å²) in [4.78, 5) is 18.0. The van der Waals surface area contributed by atoms with Crippen LogP contribution in [0.25, 0.3) is 11.7 Å². The summed E-state index contributed by atoms with van der Waals surface area (Å²) >= 11 is 0. The van der Waals surface area contributed by atoms with Crippen LogP contribution in [0.5, 0.6) is 5.88 Å². The first kappa shape index (κ1) is 19.2. The molecule has 0 unspecified atom stereocenters. The highest BCUT2D eigenvalue weighted by Gasteiger charge is 2.27. The largest absolute Gasteiger partial charge is 0.479 e. The molecule has 10 heteroatoms. The van der Waals surface area contributed by atoms with Gasteiger partial charge in [0.2, 0.25) is 5.76 Å². The number of aromatic nitrogens is 3. The van der Waals surface area contributed by atoms with Crippen molar-refractivity contribution in [2.75, 3.05) is 20.2 Å². The zero-order chi connectivity index (χ0) is 19.4. The molecule has 1 aliphatic rings. The maximum Gasteiger partial charge on any atom is 0.410 e. The Morgan fingerprint density at radius 1 is 1.26 bits per heavy atom. The van der Waals surface area contributed by atoms with Gasteiger partial charge in [-0.3, -0.25) is 0 Å². The molecule has 0 N–H and O–H groups in total. The number of piperidine rings is 1. The van der Waals surface area contributed by atoms with E-state index in [0.717, 1.165) is 12.8 Å². The number of hydrogen-bond donors (Lipinski definition) is 0. The summed E-state index contributed by atoms with van der Waals surface area (Å²) in [6.07, 6.45) is 1.19. The van der Waals surface area contributed by atoms with E-state index in [1.807, 2.05) is 20.8 Å². The minimum atomic E-state index is -0.492. The summed E-state index contributed by atoms with van der Waals surface area (Å²) in [6.45, 7) is 6.97. The van der Waals surface area contributed by atoms with Crippen molar-refractivity contribution in [2.24, 2.45) is 0 Å². The van der Waals surface area contributed by atoms with Crippen LogP contribution in [0.1, 0.15) is 39.4 Å². The van der Waals surface area contributed by atoms with Gasteiger partial charge in [-0.2, -0.15) is 4.98 Å². The van der Waals surface area contributed by atoms with Gasteiger partial charge in [0.25, 0.3) is 11.8 Å². The van der Waals surface area contributed by atoms with Crippen molar-refractivity contribution >= 4 is 6.09 Å². The van der Waals surface area contributed by atoms with Crippen LogP contribution in [-0.4, -0.2) is 58.2 Å². The second-order valence-corrected chi connectivity index (χ2v) is 7.23. The Bertz CT molecular complexity index is 758. The van der Waals surface area contributed by atoms with Crippen LogP contribution < -0.4 is 4.74 Å². The summed E-state index contributed by atoms with van der Waals surface area (Å²) < 4.78 is 26.4. The van der Waals surface area contributed by atoms with Crippen LogP contribution in [-0.2, 0) is 16.1 Å². The van der Waals surface area contributed by atoms with Crippen molar-refractivity contribution in [1.29, 1.82) is 0 Å². The fourth-order valence-electron chi connectivity index (χ4n) is 2.59. The molecular formula is C17H24N4O6. The lowest BCUT2D eigenvalue weighted by Gasteiger charge is -2.33. The van der Waals surface area contributed by atoms with Gasteiger partial charge < -0.3 is 28.2 Å². The third kappa shape index (κ3) is 5.19. The van der Waals surface area contributed by atoms with Crippen molar-refractivity contribution in [2.45, 2.75) is 51.9 Å². The number of carbonyl (C=O) groups excluding carboxylic acids is 1. The van der Waals surface area contributed by atoms with Gasteiger partial charge in [0.05, 0.1) is 19.3 Å². The average molecular weight is 380 g/mol. The van der Waals surface area contributed by atoms with Crippen molar-refractivity contribution in [3.8, 4) is 17.5 Å². The van der Waals surface area contributed by atoms with Crippen LogP contribution in [0.4, 0.5) is 4.79 Å². The Labute approximate surface area is 156 Å². The van der Waals surface area contributed by atoms with Crippen molar-refractivity contribution in [1.82, 2.24) is 20.2 Å². The molecule has 2 aromatic heterocycles. The fourth-order valence-corrected chi connectivity index (χ4v) is 2.59. The van der Waals surface area contributed by atoms with Crippen LogP contribution in [0.3, 0.4) is 0 Å². The minimum absolute atomic E-state index is 0.0241. The molecule has 3 heterocycles. The zero-order valence-electron chi connectivity index (χ0n) is 15.9. The zero-order valence-corrected chi connectivity index (χ0v) is 15.9. The number of ether oxygens (including phenoxy) is 3. The number of carbonyl (C=O) groups is 1. The molecule has 148 valence electrons. The van der Waals surface area contributed by atoms with Gasteiger partial charge in [-0.1, -0.05) is 5.16 Å². The van der Waals surface area contributed by atoms with E-state index in [-0.39, 0.29) is 24.7 Å². The lowest BCUT2D eigenvalue weighted by Crippen LogP contribution is -2.43. The normalized spacial score (nSPS) is 15.8. The molecule has 0 aliphatic carbocycles. The molecule has 2 aromatic rings. The van der Waals surface area contributed by atoms with E-state index in [2.05, 4.69) is 15.3 Å². The number of likely N-dealkylation sites (tertiary alicyclic amines) is 1. The highest BCUT2D eigenvalue weighted by Crippen LogP contribution is 2.22. The first-order chi connectivity index (χ1) is 12.8. The molecule has 1 fully saturated rings. The lowest BCUT2D eigenvalue weighted by atomic mass is 10.1. The van der Waals surface area contributed by atoms with E-state index in [1.54, 1.807) is 11.0 Å². The minimum Gasteiger partial charge on any atom is -0.479 e. The summed E-state index contributed by atoms with van der Waals surface area (Å²) in [6, 6.07) is 1.56. The predicted octanol–water partition coefficient (Wildman–Crippen LogP) is 2.65. The number of nitrogens with zero attached hydrogens (tertiary/aromatic N) is 4. The Balaban J connectivity index is 1.45.